The summed E-state index contributed by atoms with van der Waals surface area (Å²) in [6.45, 7) is 6.68. The van der Waals surface area contributed by atoms with E-state index in [1.165, 1.54) is 0 Å². The van der Waals surface area contributed by atoms with Gasteiger partial charge in [-0.2, -0.15) is 0 Å². The van der Waals surface area contributed by atoms with Crippen LogP contribution in [0.25, 0.3) is 10.9 Å². The van der Waals surface area contributed by atoms with Crippen molar-refractivity contribution in [1.82, 2.24) is 4.98 Å². The third-order valence-corrected chi connectivity index (χ3v) is 5.72. The van der Waals surface area contributed by atoms with Gasteiger partial charge in [-0.25, -0.2) is 4.98 Å². The van der Waals surface area contributed by atoms with Gasteiger partial charge in [0.25, 0.3) is 0 Å². The maximum atomic E-state index is 10.0. The minimum atomic E-state index is 0.150. The number of rotatable bonds is 3. The van der Waals surface area contributed by atoms with Crippen molar-refractivity contribution < 1.29 is 9.84 Å². The van der Waals surface area contributed by atoms with Crippen LogP contribution in [0.5, 0.6) is 17.4 Å². The molecule has 1 N–H and O–H groups in total. The number of nitrogens with zero attached hydrogens (tertiary/aromatic N) is 2. The van der Waals surface area contributed by atoms with Crippen molar-refractivity contribution in [2.45, 2.75) is 26.8 Å². The van der Waals surface area contributed by atoms with Crippen molar-refractivity contribution in [3.8, 4) is 17.4 Å². The molecule has 1 aliphatic heterocycles. The Kier molecular flexibility index (Phi) is 4.56. The normalized spacial score (nSPS) is 17.1. The lowest BCUT2D eigenvalue weighted by atomic mass is 9.88. The second-order valence-electron chi connectivity index (χ2n) is 7.76. The van der Waals surface area contributed by atoms with Crippen LogP contribution in [0.3, 0.4) is 0 Å². The number of ether oxygens (including phenoxy) is 1. The molecule has 0 aliphatic carbocycles. The van der Waals surface area contributed by atoms with E-state index in [1.807, 2.05) is 36.4 Å². The van der Waals surface area contributed by atoms with Gasteiger partial charge in [0.05, 0.1) is 11.1 Å². The number of pyridine rings is 1. The van der Waals surface area contributed by atoms with Crippen LogP contribution in [0.15, 0.2) is 59.6 Å². The smallest absolute Gasteiger partial charge is 0.219 e. The fraction of sp³-hybridized carbons (Fsp3) is 0.273. The number of hydrogen-bond donors (Lipinski definition) is 1. The molecule has 27 heavy (non-hydrogen) atoms. The zero-order chi connectivity index (χ0) is 19.0. The van der Waals surface area contributed by atoms with Crippen molar-refractivity contribution >= 4 is 27.7 Å². The zero-order valence-corrected chi connectivity index (χ0v) is 16.5. The number of thioether (sulfide) groups is 1. The lowest BCUT2D eigenvalue weighted by Gasteiger charge is -2.23. The van der Waals surface area contributed by atoms with Crippen molar-refractivity contribution in [2.24, 2.45) is 10.4 Å². The summed E-state index contributed by atoms with van der Waals surface area (Å²) in [7, 11) is 0. The van der Waals surface area contributed by atoms with Crippen LogP contribution in [-0.4, -0.2) is 26.9 Å². The van der Waals surface area contributed by atoms with Gasteiger partial charge in [0, 0.05) is 22.8 Å². The molecule has 2 heterocycles. The van der Waals surface area contributed by atoms with Crippen LogP contribution in [0, 0.1) is 5.41 Å². The van der Waals surface area contributed by atoms with Crippen molar-refractivity contribution in [1.29, 1.82) is 0 Å². The number of aromatic hydroxyl groups is 1. The van der Waals surface area contributed by atoms with E-state index in [0.29, 0.717) is 23.2 Å². The fourth-order valence-electron chi connectivity index (χ4n) is 2.96. The van der Waals surface area contributed by atoms with Crippen LogP contribution in [0.1, 0.15) is 26.3 Å². The fourth-order valence-corrected chi connectivity index (χ4v) is 4.34. The molecule has 5 heteroatoms. The second kappa shape index (κ2) is 6.89. The molecule has 0 saturated heterocycles. The molecule has 4 rings (SSSR count). The van der Waals surface area contributed by atoms with Gasteiger partial charge in [-0.05, 0) is 29.7 Å². The lowest BCUT2D eigenvalue weighted by Crippen LogP contribution is -2.24. The molecule has 2 aromatic carbocycles. The Morgan fingerprint density at radius 2 is 1.89 bits per heavy atom. The van der Waals surface area contributed by atoms with Gasteiger partial charge in [0.2, 0.25) is 5.88 Å². The van der Waals surface area contributed by atoms with Crippen LogP contribution in [-0.2, 0) is 0 Å². The van der Waals surface area contributed by atoms with Crippen LogP contribution < -0.4 is 4.74 Å². The van der Waals surface area contributed by atoms with Crippen molar-refractivity contribution in [3.63, 3.8) is 0 Å². The standard InChI is InChI=1S/C22H22N2O2S/c1-22(2,3)18-13-27-21(23-18)15-7-4-8-16(12-15)26-19-11-10-14-6-5-9-17(25)20(14)24-19/h4-12,18,25H,13H2,1-3H3/t18-/m1/s1. The maximum Gasteiger partial charge on any atom is 0.219 e. The molecular weight excluding hydrogens is 356 g/mol. The molecule has 0 spiro atoms. The Bertz CT molecular complexity index is 1020. The Labute approximate surface area is 163 Å². The molecule has 0 bridgehead atoms. The van der Waals surface area contributed by atoms with E-state index < -0.39 is 0 Å². The highest BCUT2D eigenvalue weighted by Crippen LogP contribution is 2.34. The molecule has 1 aromatic heterocycles. The van der Waals surface area contributed by atoms with Gasteiger partial charge in [-0.1, -0.05) is 45.0 Å². The van der Waals surface area contributed by atoms with Crippen molar-refractivity contribution in [3.05, 3.63) is 60.2 Å². The predicted molar refractivity (Wildman–Crippen MR) is 112 cm³/mol. The number of phenolic OH excluding ortho intramolecular Hbond substituents is 1. The summed E-state index contributed by atoms with van der Waals surface area (Å²) in [5, 5.41) is 11.9. The summed E-state index contributed by atoms with van der Waals surface area (Å²) >= 11 is 1.80. The van der Waals surface area contributed by atoms with E-state index in [0.717, 1.165) is 21.7 Å². The number of fused-ring (bicyclic) bond motifs is 1. The third kappa shape index (κ3) is 3.78. The largest absolute Gasteiger partial charge is 0.506 e. The number of hydrogen-bond acceptors (Lipinski definition) is 5. The number of phenols is 1. The average molecular weight is 378 g/mol. The quantitative estimate of drug-likeness (QED) is 0.641. The van der Waals surface area contributed by atoms with Gasteiger partial charge in [-0.15, -0.1) is 11.8 Å². The summed E-state index contributed by atoms with van der Waals surface area (Å²) in [4.78, 5) is 9.34. The van der Waals surface area contributed by atoms with E-state index >= 15 is 0 Å². The predicted octanol–water partition coefficient (Wildman–Crippen LogP) is 5.64. The second-order valence-corrected chi connectivity index (χ2v) is 8.76. The van der Waals surface area contributed by atoms with E-state index in [-0.39, 0.29) is 11.2 Å². The maximum absolute atomic E-state index is 10.0. The van der Waals surface area contributed by atoms with Crippen molar-refractivity contribution in [2.75, 3.05) is 5.75 Å². The topological polar surface area (TPSA) is 54.7 Å². The molecular formula is C22H22N2O2S. The molecule has 0 fully saturated rings. The summed E-state index contributed by atoms with van der Waals surface area (Å²) in [5.41, 5.74) is 1.77. The minimum Gasteiger partial charge on any atom is -0.506 e. The number of aliphatic imine (C=N–C) groups is 1. The first-order chi connectivity index (χ1) is 12.9. The Hall–Kier alpha value is -2.53. The van der Waals surface area contributed by atoms with E-state index in [2.05, 4.69) is 31.8 Å². The van der Waals surface area contributed by atoms with E-state index in [1.54, 1.807) is 23.9 Å². The molecule has 0 unspecified atom stereocenters. The monoisotopic (exact) mass is 378 g/mol. The molecule has 0 saturated carbocycles. The third-order valence-electron chi connectivity index (χ3n) is 4.63. The van der Waals surface area contributed by atoms with Gasteiger partial charge in [-0.3, -0.25) is 4.99 Å². The Morgan fingerprint density at radius 3 is 2.67 bits per heavy atom. The molecule has 1 aliphatic rings. The highest BCUT2D eigenvalue weighted by atomic mass is 32.2. The molecule has 4 nitrogen and oxygen atoms in total. The molecule has 0 amide bonds. The first kappa shape index (κ1) is 17.9. The SMILES string of the molecule is CC(C)(C)[C@H]1CSC(c2cccc(Oc3ccc4cccc(O)c4n3)c2)=N1. The van der Waals surface area contributed by atoms with Gasteiger partial charge >= 0.3 is 0 Å². The molecule has 138 valence electrons. The summed E-state index contributed by atoms with van der Waals surface area (Å²) in [5.74, 6) is 2.32. The minimum absolute atomic E-state index is 0.150. The zero-order valence-electron chi connectivity index (χ0n) is 15.6. The Balaban J connectivity index is 1.60. The summed E-state index contributed by atoms with van der Waals surface area (Å²) in [6.07, 6.45) is 0. The molecule has 3 aromatic rings. The molecule has 1 atom stereocenters. The van der Waals surface area contributed by atoms with Gasteiger partial charge < -0.3 is 9.84 Å². The van der Waals surface area contributed by atoms with Gasteiger partial charge in [0.1, 0.15) is 17.0 Å². The summed E-state index contributed by atoms with van der Waals surface area (Å²) < 4.78 is 5.95. The Morgan fingerprint density at radius 1 is 1.07 bits per heavy atom. The van der Waals surface area contributed by atoms with Crippen LogP contribution in [0.4, 0.5) is 0 Å². The van der Waals surface area contributed by atoms with Gasteiger partial charge in [0.15, 0.2) is 0 Å². The van der Waals surface area contributed by atoms with Crippen LogP contribution in [0.2, 0.25) is 0 Å². The van der Waals surface area contributed by atoms with E-state index in [9.17, 15) is 5.11 Å². The van der Waals surface area contributed by atoms with E-state index in [4.69, 9.17) is 9.73 Å². The molecule has 0 radical (unpaired) electrons. The highest BCUT2D eigenvalue weighted by molar-refractivity contribution is 8.14. The number of benzene rings is 2. The number of para-hydroxylation sites is 1. The summed E-state index contributed by atoms with van der Waals surface area (Å²) in [6, 6.07) is 17.3. The van der Waals surface area contributed by atoms with Crippen LogP contribution >= 0.6 is 11.8 Å². The number of aromatic nitrogens is 1. The highest BCUT2D eigenvalue weighted by Gasteiger charge is 2.29. The first-order valence-electron chi connectivity index (χ1n) is 8.98. The lowest BCUT2D eigenvalue weighted by molar-refractivity contribution is 0.349. The average Bonchev–Trinajstić information content (AvgIpc) is 3.13. The first-order valence-corrected chi connectivity index (χ1v) is 9.96.